The number of rotatable bonds is 6. The standard InChI is InChI=1S/C16H25NO/c1-4-16(18)14-7-9-15(10-8-14)17(12(2)3)11-13-5-6-13/h7-10,12-13,16,18H,4-6,11H2,1-3H3. The molecule has 1 unspecified atom stereocenters. The molecule has 1 atom stereocenters. The third-order valence-corrected chi connectivity index (χ3v) is 3.77. The summed E-state index contributed by atoms with van der Waals surface area (Å²) in [5.41, 5.74) is 2.31. The zero-order chi connectivity index (χ0) is 13.1. The fourth-order valence-electron chi connectivity index (χ4n) is 2.32. The smallest absolute Gasteiger partial charge is 0.0787 e. The van der Waals surface area contributed by atoms with Crippen LogP contribution in [0.4, 0.5) is 5.69 Å². The number of anilines is 1. The minimum absolute atomic E-state index is 0.324. The number of aliphatic hydroxyl groups is 1. The molecule has 1 aromatic rings. The number of hydrogen-bond acceptors (Lipinski definition) is 2. The van der Waals surface area contributed by atoms with Gasteiger partial charge >= 0.3 is 0 Å². The van der Waals surface area contributed by atoms with Crippen LogP contribution in [0.5, 0.6) is 0 Å². The van der Waals surface area contributed by atoms with Crippen molar-refractivity contribution in [2.75, 3.05) is 11.4 Å². The highest BCUT2D eigenvalue weighted by molar-refractivity contribution is 5.49. The topological polar surface area (TPSA) is 23.5 Å². The quantitative estimate of drug-likeness (QED) is 0.827. The normalized spacial score (nSPS) is 16.9. The van der Waals surface area contributed by atoms with E-state index in [1.54, 1.807) is 0 Å². The predicted molar refractivity (Wildman–Crippen MR) is 76.9 cm³/mol. The van der Waals surface area contributed by atoms with Crippen LogP contribution < -0.4 is 4.90 Å². The summed E-state index contributed by atoms with van der Waals surface area (Å²) >= 11 is 0. The molecular formula is C16H25NO. The third kappa shape index (κ3) is 3.26. The molecule has 2 heteroatoms. The average molecular weight is 247 g/mol. The van der Waals surface area contributed by atoms with Gasteiger partial charge in [0.15, 0.2) is 0 Å². The van der Waals surface area contributed by atoms with Gasteiger partial charge in [-0.05, 0) is 56.7 Å². The molecule has 0 spiro atoms. The van der Waals surface area contributed by atoms with Crippen LogP contribution in [0.1, 0.15) is 51.7 Å². The summed E-state index contributed by atoms with van der Waals surface area (Å²) in [6.45, 7) is 7.67. The lowest BCUT2D eigenvalue weighted by Gasteiger charge is -2.29. The lowest BCUT2D eigenvalue weighted by molar-refractivity contribution is 0.173. The van der Waals surface area contributed by atoms with Crippen LogP contribution >= 0.6 is 0 Å². The van der Waals surface area contributed by atoms with Crippen LogP contribution in [-0.4, -0.2) is 17.7 Å². The van der Waals surface area contributed by atoms with Gasteiger partial charge in [-0.1, -0.05) is 19.1 Å². The highest BCUT2D eigenvalue weighted by Gasteiger charge is 2.25. The second-order valence-electron chi connectivity index (χ2n) is 5.71. The monoisotopic (exact) mass is 247 g/mol. The van der Waals surface area contributed by atoms with Crippen molar-refractivity contribution in [2.45, 2.75) is 52.2 Å². The van der Waals surface area contributed by atoms with Crippen molar-refractivity contribution in [2.24, 2.45) is 5.92 Å². The predicted octanol–water partition coefficient (Wildman–Crippen LogP) is 3.75. The lowest BCUT2D eigenvalue weighted by Crippen LogP contribution is -2.32. The Kier molecular flexibility index (Phi) is 4.28. The average Bonchev–Trinajstić information content (AvgIpc) is 3.19. The molecule has 1 aromatic carbocycles. The van der Waals surface area contributed by atoms with Gasteiger partial charge in [-0.25, -0.2) is 0 Å². The molecule has 0 radical (unpaired) electrons. The second kappa shape index (κ2) is 5.75. The molecule has 0 bridgehead atoms. The summed E-state index contributed by atoms with van der Waals surface area (Å²) < 4.78 is 0. The summed E-state index contributed by atoms with van der Waals surface area (Å²) in [5, 5.41) is 9.81. The van der Waals surface area contributed by atoms with E-state index >= 15 is 0 Å². The first-order valence-electron chi connectivity index (χ1n) is 7.16. The van der Waals surface area contributed by atoms with Gasteiger partial charge in [-0.3, -0.25) is 0 Å². The van der Waals surface area contributed by atoms with E-state index < -0.39 is 0 Å². The highest BCUT2D eigenvalue weighted by Crippen LogP contribution is 2.32. The number of nitrogens with zero attached hydrogens (tertiary/aromatic N) is 1. The summed E-state index contributed by atoms with van der Waals surface area (Å²) in [4.78, 5) is 2.47. The van der Waals surface area contributed by atoms with E-state index in [0.717, 1.165) is 17.9 Å². The van der Waals surface area contributed by atoms with Crippen LogP contribution in [-0.2, 0) is 0 Å². The lowest BCUT2D eigenvalue weighted by atomic mass is 10.1. The molecule has 18 heavy (non-hydrogen) atoms. The van der Waals surface area contributed by atoms with Crippen molar-refractivity contribution in [1.29, 1.82) is 0 Å². The fourth-order valence-corrected chi connectivity index (χ4v) is 2.32. The zero-order valence-electron chi connectivity index (χ0n) is 11.8. The van der Waals surface area contributed by atoms with Crippen molar-refractivity contribution < 1.29 is 5.11 Å². The Bertz CT molecular complexity index is 367. The first kappa shape index (κ1) is 13.4. The maximum Gasteiger partial charge on any atom is 0.0787 e. The Labute approximate surface area is 111 Å². The summed E-state index contributed by atoms with van der Waals surface area (Å²) in [5.74, 6) is 0.897. The van der Waals surface area contributed by atoms with Gasteiger partial charge in [0.2, 0.25) is 0 Å². The van der Waals surface area contributed by atoms with Crippen molar-refractivity contribution in [3.05, 3.63) is 29.8 Å². The van der Waals surface area contributed by atoms with E-state index in [1.807, 2.05) is 6.92 Å². The molecule has 0 amide bonds. The molecule has 0 aliphatic heterocycles. The van der Waals surface area contributed by atoms with Gasteiger partial charge in [0, 0.05) is 18.3 Å². The van der Waals surface area contributed by atoms with Crippen molar-refractivity contribution in [3.63, 3.8) is 0 Å². The number of benzene rings is 1. The van der Waals surface area contributed by atoms with Crippen LogP contribution in [0.2, 0.25) is 0 Å². The molecule has 1 fully saturated rings. The van der Waals surface area contributed by atoms with Crippen molar-refractivity contribution >= 4 is 5.69 Å². The van der Waals surface area contributed by atoms with Crippen LogP contribution in [0, 0.1) is 5.92 Å². The number of hydrogen-bond donors (Lipinski definition) is 1. The number of aliphatic hydroxyl groups excluding tert-OH is 1. The summed E-state index contributed by atoms with van der Waals surface area (Å²) in [7, 11) is 0. The van der Waals surface area contributed by atoms with E-state index in [0.29, 0.717) is 6.04 Å². The van der Waals surface area contributed by atoms with Gasteiger partial charge in [0.1, 0.15) is 0 Å². The molecule has 100 valence electrons. The maximum atomic E-state index is 9.81. The molecule has 2 nitrogen and oxygen atoms in total. The maximum absolute atomic E-state index is 9.81. The zero-order valence-corrected chi connectivity index (χ0v) is 11.8. The van der Waals surface area contributed by atoms with E-state index in [9.17, 15) is 5.11 Å². The van der Waals surface area contributed by atoms with Gasteiger partial charge in [0.25, 0.3) is 0 Å². The molecular weight excluding hydrogens is 222 g/mol. The van der Waals surface area contributed by atoms with Crippen LogP contribution in [0.25, 0.3) is 0 Å². The largest absolute Gasteiger partial charge is 0.388 e. The molecule has 0 aromatic heterocycles. The molecule has 1 aliphatic carbocycles. The Balaban J connectivity index is 2.09. The van der Waals surface area contributed by atoms with E-state index in [4.69, 9.17) is 0 Å². The molecule has 2 rings (SSSR count). The van der Waals surface area contributed by atoms with E-state index in [1.165, 1.54) is 25.1 Å². The van der Waals surface area contributed by atoms with Gasteiger partial charge in [-0.2, -0.15) is 0 Å². The molecule has 1 saturated carbocycles. The molecule has 0 saturated heterocycles. The van der Waals surface area contributed by atoms with Crippen molar-refractivity contribution in [3.8, 4) is 0 Å². The van der Waals surface area contributed by atoms with Crippen LogP contribution in [0.3, 0.4) is 0 Å². The van der Waals surface area contributed by atoms with Gasteiger partial charge < -0.3 is 10.0 Å². The minimum atomic E-state index is -0.324. The highest BCUT2D eigenvalue weighted by atomic mass is 16.3. The fraction of sp³-hybridized carbons (Fsp3) is 0.625. The summed E-state index contributed by atoms with van der Waals surface area (Å²) in [6.07, 6.45) is 3.22. The second-order valence-corrected chi connectivity index (χ2v) is 5.71. The van der Waals surface area contributed by atoms with Crippen LogP contribution in [0.15, 0.2) is 24.3 Å². The van der Waals surface area contributed by atoms with Crippen molar-refractivity contribution in [1.82, 2.24) is 0 Å². The SMILES string of the molecule is CCC(O)c1ccc(N(CC2CC2)C(C)C)cc1. The Morgan fingerprint density at radius 3 is 2.28 bits per heavy atom. The Hall–Kier alpha value is -1.02. The molecule has 1 N–H and O–H groups in total. The Morgan fingerprint density at radius 2 is 1.83 bits per heavy atom. The summed E-state index contributed by atoms with van der Waals surface area (Å²) in [6, 6.07) is 8.96. The first-order valence-corrected chi connectivity index (χ1v) is 7.16. The molecule has 0 heterocycles. The Morgan fingerprint density at radius 1 is 1.22 bits per heavy atom. The van der Waals surface area contributed by atoms with Gasteiger partial charge in [0.05, 0.1) is 6.10 Å². The van der Waals surface area contributed by atoms with E-state index in [2.05, 4.69) is 43.0 Å². The van der Waals surface area contributed by atoms with Gasteiger partial charge in [-0.15, -0.1) is 0 Å². The third-order valence-electron chi connectivity index (χ3n) is 3.77. The minimum Gasteiger partial charge on any atom is -0.388 e. The van der Waals surface area contributed by atoms with E-state index in [-0.39, 0.29) is 6.10 Å². The molecule has 1 aliphatic rings. The first-order chi connectivity index (χ1) is 8.61.